The number of ether oxygens (including phenoxy) is 1. The van der Waals surface area contributed by atoms with Gasteiger partial charge >= 0.3 is 0 Å². The summed E-state index contributed by atoms with van der Waals surface area (Å²) in [5.74, 6) is 0.239. The van der Waals surface area contributed by atoms with Crippen LogP contribution in [0.5, 0.6) is 5.88 Å². The van der Waals surface area contributed by atoms with Gasteiger partial charge in [-0.25, -0.2) is 0 Å². The van der Waals surface area contributed by atoms with E-state index in [1.807, 2.05) is 0 Å². The van der Waals surface area contributed by atoms with Gasteiger partial charge in [-0.05, 0) is 32.6 Å². The monoisotopic (exact) mass is 224 g/mol. The smallest absolute Gasteiger partial charge is 0.257 e. The van der Waals surface area contributed by atoms with Crippen molar-refractivity contribution in [3.05, 3.63) is 21.7 Å². The van der Waals surface area contributed by atoms with Gasteiger partial charge in [0.25, 0.3) is 5.56 Å². The molecule has 1 aliphatic rings. The standard InChI is InChI=1S/C11H16N2O3/c1-7-8(14)12-10(13-9(7)15)11(16-2)5-3-4-6-11/h3-6H2,1-2H3,(H2,12,13,14,15). The normalized spacial score (nSPS) is 18.9. The number of hydrogen-bond acceptors (Lipinski definition) is 4. The van der Waals surface area contributed by atoms with E-state index in [1.54, 1.807) is 14.0 Å². The van der Waals surface area contributed by atoms with Crippen molar-refractivity contribution >= 4 is 0 Å². The Labute approximate surface area is 93.5 Å². The molecule has 1 aromatic rings. The lowest BCUT2D eigenvalue weighted by Gasteiger charge is -2.26. The third-order valence-corrected chi connectivity index (χ3v) is 3.36. The maximum atomic E-state index is 11.6. The maximum absolute atomic E-state index is 11.6. The first-order valence-electron chi connectivity index (χ1n) is 5.44. The Morgan fingerprint density at radius 3 is 2.56 bits per heavy atom. The van der Waals surface area contributed by atoms with E-state index in [0.29, 0.717) is 5.82 Å². The van der Waals surface area contributed by atoms with Gasteiger partial charge in [-0.1, -0.05) is 0 Å². The quantitative estimate of drug-likeness (QED) is 0.791. The van der Waals surface area contributed by atoms with E-state index in [4.69, 9.17) is 4.74 Å². The average Bonchev–Trinajstić information content (AvgIpc) is 2.75. The summed E-state index contributed by atoms with van der Waals surface area (Å²) in [6.07, 6.45) is 3.75. The lowest BCUT2D eigenvalue weighted by atomic mass is 10.0. The van der Waals surface area contributed by atoms with E-state index in [2.05, 4.69) is 9.97 Å². The zero-order valence-corrected chi connectivity index (χ0v) is 9.54. The number of rotatable bonds is 2. The molecule has 0 saturated heterocycles. The summed E-state index contributed by atoms with van der Waals surface area (Å²) in [5, 5.41) is 9.56. The number of aromatic amines is 1. The molecule has 88 valence electrons. The van der Waals surface area contributed by atoms with Gasteiger partial charge in [0.1, 0.15) is 11.4 Å². The van der Waals surface area contributed by atoms with Crippen LogP contribution in [-0.4, -0.2) is 22.2 Å². The van der Waals surface area contributed by atoms with Gasteiger partial charge in [0.15, 0.2) is 0 Å². The molecule has 0 bridgehead atoms. The van der Waals surface area contributed by atoms with Gasteiger partial charge in [0.05, 0.1) is 5.56 Å². The third kappa shape index (κ3) is 1.61. The molecule has 0 aliphatic heterocycles. The van der Waals surface area contributed by atoms with Crippen LogP contribution in [0.2, 0.25) is 0 Å². The van der Waals surface area contributed by atoms with Crippen LogP contribution in [0.4, 0.5) is 0 Å². The SMILES string of the molecule is COC1(c2nc(O)c(C)c(=O)[nH]2)CCCC1. The Balaban J connectivity index is 2.51. The Morgan fingerprint density at radius 1 is 1.44 bits per heavy atom. The summed E-state index contributed by atoms with van der Waals surface area (Å²) >= 11 is 0. The van der Waals surface area contributed by atoms with E-state index < -0.39 is 5.60 Å². The van der Waals surface area contributed by atoms with Gasteiger partial charge in [-0.15, -0.1) is 0 Å². The number of aromatic hydroxyl groups is 1. The third-order valence-electron chi connectivity index (χ3n) is 3.36. The lowest BCUT2D eigenvalue weighted by Crippen LogP contribution is -2.30. The number of nitrogens with zero attached hydrogens (tertiary/aromatic N) is 1. The van der Waals surface area contributed by atoms with Crippen molar-refractivity contribution in [2.75, 3.05) is 7.11 Å². The first-order chi connectivity index (χ1) is 7.59. The molecule has 0 unspecified atom stereocenters. The molecule has 16 heavy (non-hydrogen) atoms. The average molecular weight is 224 g/mol. The Kier molecular flexibility index (Phi) is 2.71. The van der Waals surface area contributed by atoms with Gasteiger partial charge in [0, 0.05) is 7.11 Å². The summed E-state index contributed by atoms with van der Waals surface area (Å²) in [5.41, 5.74) is -0.580. The van der Waals surface area contributed by atoms with Crippen LogP contribution in [0, 0.1) is 6.92 Å². The van der Waals surface area contributed by atoms with Gasteiger partial charge in [-0.3, -0.25) is 4.79 Å². The van der Waals surface area contributed by atoms with Crippen LogP contribution in [-0.2, 0) is 10.3 Å². The highest BCUT2D eigenvalue weighted by molar-refractivity contribution is 5.22. The fraction of sp³-hybridized carbons (Fsp3) is 0.636. The minimum atomic E-state index is -0.523. The number of H-pyrrole nitrogens is 1. The fourth-order valence-electron chi connectivity index (χ4n) is 2.22. The molecular weight excluding hydrogens is 208 g/mol. The van der Waals surface area contributed by atoms with E-state index in [9.17, 15) is 9.90 Å². The Morgan fingerprint density at radius 2 is 2.06 bits per heavy atom. The first kappa shape index (κ1) is 11.1. The minimum Gasteiger partial charge on any atom is -0.493 e. The van der Waals surface area contributed by atoms with Gasteiger partial charge in [-0.2, -0.15) is 4.98 Å². The van der Waals surface area contributed by atoms with Crippen LogP contribution in [0.15, 0.2) is 4.79 Å². The summed E-state index contributed by atoms with van der Waals surface area (Å²) in [6, 6.07) is 0. The van der Waals surface area contributed by atoms with Crippen LogP contribution < -0.4 is 5.56 Å². The molecule has 2 N–H and O–H groups in total. The zero-order chi connectivity index (χ0) is 11.8. The fourth-order valence-corrected chi connectivity index (χ4v) is 2.22. The van der Waals surface area contributed by atoms with Crippen LogP contribution in [0.25, 0.3) is 0 Å². The van der Waals surface area contributed by atoms with Crippen LogP contribution in [0.1, 0.15) is 37.1 Å². The molecule has 1 heterocycles. The molecule has 0 amide bonds. The molecule has 0 radical (unpaired) electrons. The predicted octanol–water partition coefficient (Wildman–Crippen LogP) is 1.20. The Bertz CT molecular complexity index is 447. The Hall–Kier alpha value is -1.36. The van der Waals surface area contributed by atoms with E-state index in [-0.39, 0.29) is 17.0 Å². The molecule has 1 fully saturated rings. The molecule has 1 aliphatic carbocycles. The van der Waals surface area contributed by atoms with E-state index >= 15 is 0 Å². The van der Waals surface area contributed by atoms with Gasteiger partial charge < -0.3 is 14.8 Å². The molecule has 5 nitrogen and oxygen atoms in total. The molecule has 1 saturated carbocycles. The zero-order valence-electron chi connectivity index (χ0n) is 9.54. The van der Waals surface area contributed by atoms with Crippen molar-refractivity contribution < 1.29 is 9.84 Å². The molecule has 5 heteroatoms. The number of methoxy groups -OCH3 is 1. The van der Waals surface area contributed by atoms with Gasteiger partial charge in [0.2, 0.25) is 5.88 Å². The van der Waals surface area contributed by atoms with Crippen LogP contribution >= 0.6 is 0 Å². The molecule has 0 spiro atoms. The lowest BCUT2D eigenvalue weighted by molar-refractivity contribution is -0.0169. The van der Waals surface area contributed by atoms with Crippen molar-refractivity contribution in [3.8, 4) is 5.88 Å². The summed E-state index contributed by atoms with van der Waals surface area (Å²) in [4.78, 5) is 18.3. The van der Waals surface area contributed by atoms with Crippen molar-refractivity contribution in [2.24, 2.45) is 0 Å². The summed E-state index contributed by atoms with van der Waals surface area (Å²) in [6.45, 7) is 1.54. The molecule has 2 rings (SSSR count). The topological polar surface area (TPSA) is 75.2 Å². The minimum absolute atomic E-state index is 0.206. The van der Waals surface area contributed by atoms with Crippen molar-refractivity contribution in [3.63, 3.8) is 0 Å². The molecule has 0 atom stereocenters. The number of hydrogen-bond donors (Lipinski definition) is 2. The predicted molar refractivity (Wildman–Crippen MR) is 58.4 cm³/mol. The highest BCUT2D eigenvalue weighted by atomic mass is 16.5. The molecule has 1 aromatic heterocycles. The molecular formula is C11H16N2O3. The molecule has 0 aromatic carbocycles. The highest BCUT2D eigenvalue weighted by Gasteiger charge is 2.38. The van der Waals surface area contributed by atoms with Crippen molar-refractivity contribution in [1.29, 1.82) is 0 Å². The number of nitrogens with one attached hydrogen (secondary N) is 1. The van der Waals surface area contributed by atoms with Crippen LogP contribution in [0.3, 0.4) is 0 Å². The summed E-state index contributed by atoms with van der Waals surface area (Å²) in [7, 11) is 1.61. The second-order valence-corrected chi connectivity index (χ2v) is 4.27. The highest BCUT2D eigenvalue weighted by Crippen LogP contribution is 2.39. The second-order valence-electron chi connectivity index (χ2n) is 4.27. The van der Waals surface area contributed by atoms with E-state index in [0.717, 1.165) is 25.7 Å². The first-order valence-corrected chi connectivity index (χ1v) is 5.44. The summed E-state index contributed by atoms with van der Waals surface area (Å²) < 4.78 is 5.49. The maximum Gasteiger partial charge on any atom is 0.257 e. The second kappa shape index (κ2) is 3.90. The largest absolute Gasteiger partial charge is 0.493 e. The van der Waals surface area contributed by atoms with Crippen molar-refractivity contribution in [2.45, 2.75) is 38.2 Å². The van der Waals surface area contributed by atoms with E-state index in [1.165, 1.54) is 0 Å². The van der Waals surface area contributed by atoms with Crippen molar-refractivity contribution in [1.82, 2.24) is 9.97 Å². The number of aromatic nitrogens is 2.